The Bertz CT molecular complexity index is 732. The van der Waals surface area contributed by atoms with Crippen molar-refractivity contribution in [1.82, 2.24) is 14.5 Å². The molecule has 6 heteroatoms. The molecule has 0 atom stereocenters. The summed E-state index contributed by atoms with van der Waals surface area (Å²) in [5, 5.41) is 3.33. The van der Waals surface area contributed by atoms with Gasteiger partial charge < -0.3 is 18.9 Å². The average molecular weight is 291 g/mol. The van der Waals surface area contributed by atoms with Crippen molar-refractivity contribution >= 4 is 0 Å². The highest BCUT2D eigenvalue weighted by atomic mass is 16.3. The highest BCUT2D eigenvalue weighted by Crippen LogP contribution is 2.10. The van der Waals surface area contributed by atoms with E-state index in [-0.39, 0.29) is 12.1 Å². The van der Waals surface area contributed by atoms with Crippen molar-refractivity contribution in [2.24, 2.45) is 7.05 Å². The third kappa shape index (κ3) is 3.95. The minimum absolute atomic E-state index is 0.00946. The lowest BCUT2D eigenvalue weighted by Crippen LogP contribution is -2.39. The molecular weight excluding hydrogens is 270 g/mol. The Morgan fingerprint density at radius 2 is 1.76 bits per heavy atom. The first-order valence-electron chi connectivity index (χ1n) is 6.85. The first kappa shape index (κ1) is 15.3. The third-order valence-corrected chi connectivity index (χ3v) is 3.07. The standard InChI is InChI=1S/C15H21N3O3/c1-15(2,3)16-9-11-5-6-12(21-11)10-18-8-7-17(4)13(19)14(18)20/h5-8,16H,9-10H2,1-4H3. The molecule has 2 heterocycles. The Balaban J connectivity index is 2.12. The van der Waals surface area contributed by atoms with Crippen LogP contribution in [-0.4, -0.2) is 14.7 Å². The van der Waals surface area contributed by atoms with Gasteiger partial charge in [0.2, 0.25) is 0 Å². The van der Waals surface area contributed by atoms with E-state index in [1.807, 2.05) is 12.1 Å². The fourth-order valence-electron chi connectivity index (χ4n) is 1.84. The summed E-state index contributed by atoms with van der Waals surface area (Å²) in [5.74, 6) is 1.45. The van der Waals surface area contributed by atoms with E-state index < -0.39 is 11.1 Å². The maximum atomic E-state index is 11.8. The molecule has 2 aromatic rings. The molecule has 0 unspecified atom stereocenters. The van der Waals surface area contributed by atoms with E-state index >= 15 is 0 Å². The van der Waals surface area contributed by atoms with Crippen LogP contribution in [-0.2, 0) is 20.1 Å². The number of aryl methyl sites for hydroxylation is 1. The van der Waals surface area contributed by atoms with Gasteiger partial charge in [-0.2, -0.15) is 0 Å². The molecule has 0 amide bonds. The van der Waals surface area contributed by atoms with E-state index in [0.717, 1.165) is 5.76 Å². The predicted molar refractivity (Wildman–Crippen MR) is 80.3 cm³/mol. The second-order valence-corrected chi connectivity index (χ2v) is 6.12. The number of nitrogens with one attached hydrogen (secondary N) is 1. The molecule has 0 saturated heterocycles. The van der Waals surface area contributed by atoms with Crippen LogP contribution >= 0.6 is 0 Å². The minimum Gasteiger partial charge on any atom is -0.463 e. The number of aromatic nitrogens is 2. The van der Waals surface area contributed by atoms with Crippen LogP contribution in [0.3, 0.4) is 0 Å². The second-order valence-electron chi connectivity index (χ2n) is 6.12. The molecule has 2 rings (SSSR count). The SMILES string of the molecule is Cn1ccn(Cc2ccc(CNC(C)(C)C)o2)c(=O)c1=O. The van der Waals surface area contributed by atoms with E-state index in [1.165, 1.54) is 9.13 Å². The van der Waals surface area contributed by atoms with Gasteiger partial charge in [-0.05, 0) is 32.9 Å². The van der Waals surface area contributed by atoms with Gasteiger partial charge in [-0.15, -0.1) is 0 Å². The zero-order valence-electron chi connectivity index (χ0n) is 12.8. The molecule has 0 spiro atoms. The molecule has 21 heavy (non-hydrogen) atoms. The summed E-state index contributed by atoms with van der Waals surface area (Å²) in [4.78, 5) is 23.4. The highest BCUT2D eigenvalue weighted by Gasteiger charge is 2.11. The van der Waals surface area contributed by atoms with E-state index in [9.17, 15) is 9.59 Å². The number of rotatable bonds is 4. The summed E-state index contributed by atoms with van der Waals surface area (Å²) in [7, 11) is 1.55. The van der Waals surface area contributed by atoms with Gasteiger partial charge in [0.05, 0.1) is 13.1 Å². The Hall–Kier alpha value is -2.08. The van der Waals surface area contributed by atoms with E-state index in [2.05, 4.69) is 26.1 Å². The molecule has 6 nitrogen and oxygen atoms in total. The maximum Gasteiger partial charge on any atom is 0.316 e. The van der Waals surface area contributed by atoms with Gasteiger partial charge >= 0.3 is 11.1 Å². The molecule has 0 radical (unpaired) electrons. The van der Waals surface area contributed by atoms with Crippen LogP contribution in [0.25, 0.3) is 0 Å². The van der Waals surface area contributed by atoms with Gasteiger partial charge in [-0.3, -0.25) is 9.59 Å². The van der Waals surface area contributed by atoms with E-state index in [1.54, 1.807) is 19.4 Å². The monoisotopic (exact) mass is 291 g/mol. The normalized spacial score (nSPS) is 11.8. The lowest BCUT2D eigenvalue weighted by atomic mass is 10.1. The average Bonchev–Trinajstić information content (AvgIpc) is 2.84. The van der Waals surface area contributed by atoms with Crippen LogP contribution in [0.15, 0.2) is 38.5 Å². The third-order valence-electron chi connectivity index (χ3n) is 3.07. The molecular formula is C15H21N3O3. The molecule has 0 aliphatic carbocycles. The van der Waals surface area contributed by atoms with Gasteiger partial charge in [0.15, 0.2) is 0 Å². The van der Waals surface area contributed by atoms with Crippen molar-refractivity contribution in [1.29, 1.82) is 0 Å². The van der Waals surface area contributed by atoms with Crippen LogP contribution in [0.4, 0.5) is 0 Å². The molecule has 0 fully saturated rings. The van der Waals surface area contributed by atoms with Crippen molar-refractivity contribution < 1.29 is 4.42 Å². The zero-order valence-corrected chi connectivity index (χ0v) is 12.8. The molecule has 1 N–H and O–H groups in total. The summed E-state index contributed by atoms with van der Waals surface area (Å²) >= 11 is 0. The fourth-order valence-corrected chi connectivity index (χ4v) is 1.84. The van der Waals surface area contributed by atoms with Crippen LogP contribution in [0.5, 0.6) is 0 Å². The summed E-state index contributed by atoms with van der Waals surface area (Å²) in [6, 6.07) is 3.70. The van der Waals surface area contributed by atoms with Gasteiger partial charge in [0, 0.05) is 25.0 Å². The lowest BCUT2D eigenvalue weighted by Gasteiger charge is -2.19. The Labute approximate surface area is 123 Å². The first-order chi connectivity index (χ1) is 9.76. The van der Waals surface area contributed by atoms with Crippen molar-refractivity contribution in [3.8, 4) is 0 Å². The van der Waals surface area contributed by atoms with E-state index in [0.29, 0.717) is 12.3 Å². The van der Waals surface area contributed by atoms with Crippen molar-refractivity contribution in [3.63, 3.8) is 0 Å². The fraction of sp³-hybridized carbons (Fsp3) is 0.467. The molecule has 0 aromatic carbocycles. The Morgan fingerprint density at radius 1 is 1.10 bits per heavy atom. The second kappa shape index (κ2) is 5.73. The van der Waals surface area contributed by atoms with Crippen molar-refractivity contribution in [3.05, 3.63) is 56.8 Å². The summed E-state index contributed by atoms with van der Waals surface area (Å²) < 4.78 is 8.29. The van der Waals surface area contributed by atoms with E-state index in [4.69, 9.17) is 4.42 Å². The molecule has 0 aliphatic heterocycles. The molecule has 0 bridgehead atoms. The molecule has 0 aliphatic rings. The number of hydrogen-bond acceptors (Lipinski definition) is 4. The Kier molecular flexibility index (Phi) is 4.18. The van der Waals surface area contributed by atoms with Gasteiger partial charge in [0.25, 0.3) is 0 Å². The number of hydrogen-bond donors (Lipinski definition) is 1. The summed E-state index contributed by atoms with van der Waals surface area (Å²) in [5.41, 5.74) is -1.08. The van der Waals surface area contributed by atoms with Crippen LogP contribution in [0.2, 0.25) is 0 Å². The first-order valence-corrected chi connectivity index (χ1v) is 6.85. The minimum atomic E-state index is -0.550. The van der Waals surface area contributed by atoms with Crippen molar-refractivity contribution in [2.75, 3.05) is 0 Å². The summed E-state index contributed by atoms with van der Waals surface area (Å²) in [6.45, 7) is 7.11. The number of nitrogens with zero attached hydrogens (tertiary/aromatic N) is 2. The smallest absolute Gasteiger partial charge is 0.316 e. The van der Waals surface area contributed by atoms with Gasteiger partial charge in [-0.25, -0.2) is 0 Å². The molecule has 0 saturated carbocycles. The predicted octanol–water partition coefficient (Wildman–Crippen LogP) is 1.08. The quantitative estimate of drug-likeness (QED) is 0.856. The maximum absolute atomic E-state index is 11.8. The zero-order chi connectivity index (χ0) is 15.6. The molecule has 114 valence electrons. The summed E-state index contributed by atoms with van der Waals surface area (Å²) in [6.07, 6.45) is 3.15. The number of furan rings is 1. The topological polar surface area (TPSA) is 69.2 Å². The van der Waals surface area contributed by atoms with Crippen LogP contribution in [0, 0.1) is 0 Å². The van der Waals surface area contributed by atoms with Crippen LogP contribution < -0.4 is 16.4 Å². The molecule has 2 aromatic heterocycles. The Morgan fingerprint density at radius 3 is 2.43 bits per heavy atom. The van der Waals surface area contributed by atoms with Crippen LogP contribution in [0.1, 0.15) is 32.3 Å². The van der Waals surface area contributed by atoms with Gasteiger partial charge in [-0.1, -0.05) is 0 Å². The largest absolute Gasteiger partial charge is 0.463 e. The van der Waals surface area contributed by atoms with Gasteiger partial charge in [0.1, 0.15) is 11.5 Å². The van der Waals surface area contributed by atoms with Crippen molar-refractivity contribution in [2.45, 2.75) is 39.4 Å². The lowest BCUT2D eigenvalue weighted by molar-refractivity contribution is 0.375. The highest BCUT2D eigenvalue weighted by molar-refractivity contribution is 5.08.